The van der Waals surface area contributed by atoms with Crippen LogP contribution in [0.1, 0.15) is 15.9 Å². The minimum atomic E-state index is -0.572. The fraction of sp³-hybridized carbons (Fsp3) is 0.188. The molecule has 2 aromatic carbocycles. The lowest BCUT2D eigenvalue weighted by Crippen LogP contribution is -2.02. The molecule has 0 N–H and O–H groups in total. The Balaban J connectivity index is 2.60. The molecule has 0 aliphatic heterocycles. The first-order valence-electron chi connectivity index (χ1n) is 6.09. The van der Waals surface area contributed by atoms with Crippen molar-refractivity contribution in [1.29, 1.82) is 0 Å². The summed E-state index contributed by atoms with van der Waals surface area (Å²) in [6.45, 7) is 1.93. The van der Waals surface area contributed by atoms with Crippen molar-refractivity contribution in [3.63, 3.8) is 0 Å². The van der Waals surface area contributed by atoms with Gasteiger partial charge in [0.1, 0.15) is 11.6 Å². The number of ether oxygens (including phenoxy) is 2. The second kappa shape index (κ2) is 5.74. The summed E-state index contributed by atoms with van der Waals surface area (Å²) in [4.78, 5) is 11.6. The van der Waals surface area contributed by atoms with Gasteiger partial charge < -0.3 is 9.47 Å². The van der Waals surface area contributed by atoms with E-state index in [0.717, 1.165) is 17.2 Å². The molecule has 0 fully saturated rings. The quantitative estimate of drug-likeness (QED) is 0.802. The predicted octanol–water partition coefficient (Wildman–Crippen LogP) is 3.60. The van der Waals surface area contributed by atoms with Gasteiger partial charge in [0.25, 0.3) is 0 Å². The number of carbonyl (C=O) groups excluding carboxylic acids is 1. The summed E-state index contributed by atoms with van der Waals surface area (Å²) in [6, 6.07) is 9.71. The van der Waals surface area contributed by atoms with Gasteiger partial charge in [-0.2, -0.15) is 0 Å². The molecule has 0 atom stereocenters. The van der Waals surface area contributed by atoms with Gasteiger partial charge in [0.05, 0.1) is 19.8 Å². The number of hydrogen-bond acceptors (Lipinski definition) is 3. The highest BCUT2D eigenvalue weighted by molar-refractivity contribution is 5.91. The van der Waals surface area contributed by atoms with Gasteiger partial charge in [-0.05, 0) is 42.8 Å². The van der Waals surface area contributed by atoms with E-state index in [-0.39, 0.29) is 5.56 Å². The number of hydrogen-bond donors (Lipinski definition) is 0. The molecule has 0 aliphatic rings. The summed E-state index contributed by atoms with van der Waals surface area (Å²) in [6.07, 6.45) is 0. The maximum absolute atomic E-state index is 13.7. The first kappa shape index (κ1) is 14.1. The zero-order valence-corrected chi connectivity index (χ0v) is 11.6. The fourth-order valence-corrected chi connectivity index (χ4v) is 2.03. The van der Waals surface area contributed by atoms with Crippen LogP contribution in [0.5, 0.6) is 5.75 Å². The summed E-state index contributed by atoms with van der Waals surface area (Å²) in [5.74, 6) is -0.444. The maximum Gasteiger partial charge on any atom is 0.337 e. The average Bonchev–Trinajstić information content (AvgIpc) is 2.45. The normalized spacial score (nSPS) is 10.2. The highest BCUT2D eigenvalue weighted by Gasteiger charge is 2.13. The third-order valence-corrected chi connectivity index (χ3v) is 2.98. The Morgan fingerprint density at radius 3 is 2.50 bits per heavy atom. The lowest BCUT2D eigenvalue weighted by Gasteiger charge is -2.11. The minimum Gasteiger partial charge on any atom is -0.496 e. The molecule has 0 amide bonds. The van der Waals surface area contributed by atoms with E-state index >= 15 is 0 Å². The predicted molar refractivity (Wildman–Crippen MR) is 74.5 cm³/mol. The maximum atomic E-state index is 13.7. The van der Waals surface area contributed by atoms with Gasteiger partial charge in [-0.1, -0.05) is 11.6 Å². The number of esters is 1. The van der Waals surface area contributed by atoms with Crippen molar-refractivity contribution in [1.82, 2.24) is 0 Å². The molecule has 0 heterocycles. The number of aryl methyl sites for hydroxylation is 1. The van der Waals surface area contributed by atoms with Crippen LogP contribution in [0.15, 0.2) is 36.4 Å². The van der Waals surface area contributed by atoms with Crippen molar-refractivity contribution in [2.24, 2.45) is 0 Å². The summed E-state index contributed by atoms with van der Waals surface area (Å²) in [7, 11) is 2.81. The molecule has 0 radical (unpaired) electrons. The molecular weight excluding hydrogens is 259 g/mol. The smallest absolute Gasteiger partial charge is 0.337 e. The number of rotatable bonds is 3. The van der Waals surface area contributed by atoms with Crippen LogP contribution in [0.2, 0.25) is 0 Å². The standard InChI is InChI=1S/C16H15FO3/c1-10-4-5-15(19-2)14(6-10)11-7-12(16(18)20-3)9-13(17)8-11/h4-9H,1-3H3. The number of carbonyl (C=O) groups is 1. The largest absolute Gasteiger partial charge is 0.496 e. The zero-order valence-electron chi connectivity index (χ0n) is 11.6. The summed E-state index contributed by atoms with van der Waals surface area (Å²) in [5, 5.41) is 0. The van der Waals surface area contributed by atoms with Crippen molar-refractivity contribution >= 4 is 5.97 Å². The van der Waals surface area contributed by atoms with Crippen molar-refractivity contribution in [2.45, 2.75) is 6.92 Å². The van der Waals surface area contributed by atoms with Crippen LogP contribution in [-0.4, -0.2) is 20.2 Å². The molecule has 3 nitrogen and oxygen atoms in total. The molecule has 4 heteroatoms. The van der Waals surface area contributed by atoms with Crippen LogP contribution in [0.3, 0.4) is 0 Å². The molecule has 2 rings (SSSR count). The van der Waals surface area contributed by atoms with Gasteiger partial charge >= 0.3 is 5.97 Å². The molecule has 0 bridgehead atoms. The molecule has 0 spiro atoms. The molecule has 0 saturated heterocycles. The van der Waals surface area contributed by atoms with Gasteiger partial charge in [-0.3, -0.25) is 0 Å². The Hall–Kier alpha value is -2.36. The highest BCUT2D eigenvalue weighted by atomic mass is 19.1. The first-order valence-corrected chi connectivity index (χ1v) is 6.09. The van der Waals surface area contributed by atoms with Crippen LogP contribution in [0, 0.1) is 12.7 Å². The Labute approximate surface area is 117 Å². The Bertz CT molecular complexity index is 650. The van der Waals surface area contributed by atoms with Crippen LogP contribution < -0.4 is 4.74 Å². The van der Waals surface area contributed by atoms with Crippen molar-refractivity contribution in [3.8, 4) is 16.9 Å². The molecule has 104 valence electrons. The van der Waals surface area contributed by atoms with E-state index in [9.17, 15) is 9.18 Å². The van der Waals surface area contributed by atoms with E-state index < -0.39 is 11.8 Å². The molecule has 0 aromatic heterocycles. The van der Waals surface area contributed by atoms with Gasteiger partial charge in [-0.15, -0.1) is 0 Å². The van der Waals surface area contributed by atoms with Gasteiger partial charge in [0, 0.05) is 5.56 Å². The Morgan fingerprint density at radius 2 is 1.85 bits per heavy atom. The number of benzene rings is 2. The van der Waals surface area contributed by atoms with Gasteiger partial charge in [0.15, 0.2) is 0 Å². The molecule has 20 heavy (non-hydrogen) atoms. The lowest BCUT2D eigenvalue weighted by atomic mass is 10.00. The average molecular weight is 274 g/mol. The third kappa shape index (κ3) is 2.79. The topological polar surface area (TPSA) is 35.5 Å². The van der Waals surface area contributed by atoms with Crippen LogP contribution in [0.25, 0.3) is 11.1 Å². The number of methoxy groups -OCH3 is 2. The van der Waals surface area contributed by atoms with E-state index in [2.05, 4.69) is 4.74 Å². The minimum absolute atomic E-state index is 0.172. The van der Waals surface area contributed by atoms with Crippen LogP contribution in [-0.2, 0) is 4.74 Å². The molecule has 0 unspecified atom stereocenters. The van der Waals surface area contributed by atoms with Gasteiger partial charge in [0.2, 0.25) is 0 Å². The summed E-state index contributed by atoms with van der Waals surface area (Å²) in [5.41, 5.74) is 2.50. The molecule has 0 aliphatic carbocycles. The van der Waals surface area contributed by atoms with Crippen molar-refractivity contribution in [2.75, 3.05) is 14.2 Å². The lowest BCUT2D eigenvalue weighted by molar-refractivity contribution is 0.0600. The monoisotopic (exact) mass is 274 g/mol. The highest BCUT2D eigenvalue weighted by Crippen LogP contribution is 2.32. The van der Waals surface area contributed by atoms with Crippen molar-refractivity contribution in [3.05, 3.63) is 53.3 Å². The van der Waals surface area contributed by atoms with Crippen LogP contribution >= 0.6 is 0 Å². The molecule has 0 saturated carbocycles. The van der Waals surface area contributed by atoms with E-state index in [1.165, 1.54) is 13.2 Å². The number of halogens is 1. The second-order valence-corrected chi connectivity index (χ2v) is 4.42. The molecular formula is C16H15FO3. The summed E-state index contributed by atoms with van der Waals surface area (Å²) < 4.78 is 23.6. The van der Waals surface area contributed by atoms with Gasteiger partial charge in [-0.25, -0.2) is 9.18 Å². The van der Waals surface area contributed by atoms with E-state index in [0.29, 0.717) is 11.3 Å². The van der Waals surface area contributed by atoms with E-state index in [4.69, 9.17) is 4.74 Å². The second-order valence-electron chi connectivity index (χ2n) is 4.42. The van der Waals surface area contributed by atoms with E-state index in [1.807, 2.05) is 25.1 Å². The Morgan fingerprint density at radius 1 is 1.10 bits per heavy atom. The SMILES string of the molecule is COC(=O)c1cc(F)cc(-c2cc(C)ccc2OC)c1. The molecule has 2 aromatic rings. The Kier molecular flexibility index (Phi) is 4.03. The third-order valence-electron chi connectivity index (χ3n) is 2.98. The van der Waals surface area contributed by atoms with Crippen molar-refractivity contribution < 1.29 is 18.7 Å². The fourth-order valence-electron chi connectivity index (χ4n) is 2.03. The first-order chi connectivity index (χ1) is 9.55. The van der Waals surface area contributed by atoms with E-state index in [1.54, 1.807) is 13.2 Å². The zero-order chi connectivity index (χ0) is 14.7. The van der Waals surface area contributed by atoms with Crippen LogP contribution in [0.4, 0.5) is 4.39 Å². The summed E-state index contributed by atoms with van der Waals surface area (Å²) >= 11 is 0.